The minimum Gasteiger partial charge on any atom is -0.467 e. The molecule has 0 bridgehead atoms. The fraction of sp³-hybridized carbons (Fsp3) is 0.500. The summed E-state index contributed by atoms with van der Waals surface area (Å²) < 4.78 is 4.79. The number of amides is 1. The van der Waals surface area contributed by atoms with Gasteiger partial charge in [0.05, 0.1) is 13.5 Å². The maximum atomic E-state index is 12.2. The number of ether oxygens (including phenoxy) is 1. The van der Waals surface area contributed by atoms with Crippen LogP contribution in [0.15, 0.2) is 18.2 Å². The first-order valence-electron chi connectivity index (χ1n) is 6.97. The van der Waals surface area contributed by atoms with E-state index in [2.05, 4.69) is 5.32 Å². The van der Waals surface area contributed by atoms with Crippen LogP contribution in [-0.2, 0) is 20.7 Å². The maximum Gasteiger partial charge on any atom is 0.331 e. The van der Waals surface area contributed by atoms with Crippen LogP contribution in [0.2, 0.25) is 5.02 Å². The van der Waals surface area contributed by atoms with Gasteiger partial charge in [0.2, 0.25) is 5.91 Å². The molecule has 21 heavy (non-hydrogen) atoms. The highest BCUT2D eigenvalue weighted by Crippen LogP contribution is 2.18. The van der Waals surface area contributed by atoms with Crippen molar-refractivity contribution in [1.29, 1.82) is 0 Å². The number of methoxy groups -OCH3 is 1. The average Bonchev–Trinajstić information content (AvgIpc) is 2.41. The number of rotatable bonds is 6. The molecule has 0 aliphatic rings. The van der Waals surface area contributed by atoms with Crippen LogP contribution < -0.4 is 5.32 Å². The van der Waals surface area contributed by atoms with E-state index in [1.807, 2.05) is 26.0 Å². The molecule has 0 spiro atoms. The van der Waals surface area contributed by atoms with Crippen molar-refractivity contribution < 1.29 is 14.3 Å². The Balaban J connectivity index is 2.81. The van der Waals surface area contributed by atoms with Gasteiger partial charge in [-0.3, -0.25) is 4.79 Å². The van der Waals surface area contributed by atoms with E-state index in [-0.39, 0.29) is 12.3 Å². The van der Waals surface area contributed by atoms with E-state index >= 15 is 0 Å². The molecule has 1 N–H and O–H groups in total. The van der Waals surface area contributed by atoms with E-state index in [0.717, 1.165) is 17.5 Å². The monoisotopic (exact) mass is 311 g/mol. The quantitative estimate of drug-likeness (QED) is 0.822. The van der Waals surface area contributed by atoms with Crippen LogP contribution in [0.25, 0.3) is 0 Å². The molecule has 1 aromatic rings. The number of hydrogen-bond donors (Lipinski definition) is 1. The van der Waals surface area contributed by atoms with Gasteiger partial charge in [-0.25, -0.2) is 4.79 Å². The van der Waals surface area contributed by atoms with Crippen LogP contribution >= 0.6 is 11.6 Å². The lowest BCUT2D eigenvalue weighted by Crippen LogP contribution is -2.53. The molecule has 5 heteroatoms. The van der Waals surface area contributed by atoms with Crippen LogP contribution in [-0.4, -0.2) is 24.5 Å². The second kappa shape index (κ2) is 7.46. The minimum atomic E-state index is -0.985. The van der Waals surface area contributed by atoms with E-state index in [9.17, 15) is 9.59 Å². The summed E-state index contributed by atoms with van der Waals surface area (Å²) in [6, 6.07) is 5.39. The first kappa shape index (κ1) is 17.5. The van der Waals surface area contributed by atoms with Crippen LogP contribution in [0.5, 0.6) is 0 Å². The predicted molar refractivity (Wildman–Crippen MR) is 83.4 cm³/mol. The molecule has 0 aliphatic heterocycles. The predicted octanol–water partition coefficient (Wildman–Crippen LogP) is 3.04. The number of nitrogens with one attached hydrogen (secondary N) is 1. The number of benzene rings is 1. The molecular weight excluding hydrogens is 290 g/mol. The highest BCUT2D eigenvalue weighted by molar-refractivity contribution is 6.30. The van der Waals surface area contributed by atoms with Crippen molar-refractivity contribution in [3.8, 4) is 0 Å². The van der Waals surface area contributed by atoms with Crippen molar-refractivity contribution in [3.05, 3.63) is 34.3 Å². The van der Waals surface area contributed by atoms with Gasteiger partial charge in [0.25, 0.3) is 0 Å². The Bertz CT molecular complexity index is 530. The molecule has 4 nitrogen and oxygen atoms in total. The molecule has 0 radical (unpaired) electrons. The molecule has 0 saturated carbocycles. The number of esters is 1. The first-order chi connectivity index (χ1) is 9.82. The third kappa shape index (κ3) is 4.74. The van der Waals surface area contributed by atoms with Crippen molar-refractivity contribution in [2.75, 3.05) is 7.11 Å². The Morgan fingerprint density at radius 1 is 1.38 bits per heavy atom. The van der Waals surface area contributed by atoms with Gasteiger partial charge >= 0.3 is 5.97 Å². The summed E-state index contributed by atoms with van der Waals surface area (Å²) in [6.45, 7) is 5.55. The fourth-order valence-electron chi connectivity index (χ4n) is 2.32. The number of carbonyl (C=O) groups excluding carboxylic acids is 2. The third-order valence-corrected chi connectivity index (χ3v) is 3.69. The smallest absolute Gasteiger partial charge is 0.331 e. The normalized spacial score (nSPS) is 13.4. The van der Waals surface area contributed by atoms with E-state index in [1.165, 1.54) is 7.11 Å². The number of carbonyl (C=O) groups is 2. The van der Waals surface area contributed by atoms with Gasteiger partial charge in [0, 0.05) is 5.02 Å². The first-order valence-corrected chi connectivity index (χ1v) is 7.34. The molecule has 1 unspecified atom stereocenters. The molecule has 1 amide bonds. The molecule has 1 rings (SSSR count). The molecule has 0 fully saturated rings. The molecule has 0 saturated heterocycles. The number of halogens is 1. The lowest BCUT2D eigenvalue weighted by Gasteiger charge is -2.27. The van der Waals surface area contributed by atoms with Crippen molar-refractivity contribution in [3.63, 3.8) is 0 Å². The number of aryl methyl sites for hydroxylation is 1. The molecule has 0 heterocycles. The van der Waals surface area contributed by atoms with Gasteiger partial charge in [0.15, 0.2) is 0 Å². The van der Waals surface area contributed by atoms with Crippen molar-refractivity contribution in [1.82, 2.24) is 5.32 Å². The van der Waals surface area contributed by atoms with Gasteiger partial charge in [-0.1, -0.05) is 31.0 Å². The zero-order valence-electron chi connectivity index (χ0n) is 13.0. The summed E-state index contributed by atoms with van der Waals surface area (Å²) in [7, 11) is 1.33. The van der Waals surface area contributed by atoms with Gasteiger partial charge < -0.3 is 10.1 Å². The minimum absolute atomic E-state index is 0.207. The highest BCUT2D eigenvalue weighted by atomic mass is 35.5. The highest BCUT2D eigenvalue weighted by Gasteiger charge is 2.34. The topological polar surface area (TPSA) is 55.4 Å². The SMILES string of the molecule is CCCC(C)(NC(=O)Cc1ccc(Cl)cc1C)C(=O)OC. The van der Waals surface area contributed by atoms with Gasteiger partial charge in [-0.15, -0.1) is 0 Å². The molecule has 116 valence electrons. The Morgan fingerprint density at radius 2 is 2.05 bits per heavy atom. The second-order valence-electron chi connectivity index (χ2n) is 5.37. The Kier molecular flexibility index (Phi) is 6.21. The van der Waals surface area contributed by atoms with Crippen molar-refractivity contribution in [2.45, 2.75) is 45.6 Å². The average molecular weight is 312 g/mol. The summed E-state index contributed by atoms with van der Waals surface area (Å²) in [6.07, 6.45) is 1.51. The van der Waals surface area contributed by atoms with Gasteiger partial charge in [-0.2, -0.15) is 0 Å². The van der Waals surface area contributed by atoms with Gasteiger partial charge in [-0.05, 0) is 43.5 Å². The van der Waals surface area contributed by atoms with E-state index in [4.69, 9.17) is 16.3 Å². The van der Waals surface area contributed by atoms with Gasteiger partial charge in [0.1, 0.15) is 5.54 Å². The molecular formula is C16H22ClNO3. The van der Waals surface area contributed by atoms with E-state index < -0.39 is 11.5 Å². The van der Waals surface area contributed by atoms with Crippen LogP contribution in [0.4, 0.5) is 0 Å². The summed E-state index contributed by atoms with van der Waals surface area (Å²) >= 11 is 5.90. The fourth-order valence-corrected chi connectivity index (χ4v) is 2.55. The lowest BCUT2D eigenvalue weighted by atomic mass is 9.95. The summed E-state index contributed by atoms with van der Waals surface area (Å²) in [5.74, 6) is -0.632. The second-order valence-corrected chi connectivity index (χ2v) is 5.81. The molecule has 0 aliphatic carbocycles. The summed E-state index contributed by atoms with van der Waals surface area (Å²) in [4.78, 5) is 24.1. The zero-order valence-corrected chi connectivity index (χ0v) is 13.7. The summed E-state index contributed by atoms with van der Waals surface area (Å²) in [5, 5.41) is 3.43. The maximum absolute atomic E-state index is 12.2. The third-order valence-electron chi connectivity index (χ3n) is 3.46. The Hall–Kier alpha value is -1.55. The van der Waals surface area contributed by atoms with E-state index in [0.29, 0.717) is 11.4 Å². The molecule has 1 aromatic carbocycles. The molecule has 1 atom stereocenters. The summed E-state index contributed by atoms with van der Waals surface area (Å²) in [5.41, 5.74) is 0.856. The Labute approximate surface area is 130 Å². The molecule has 0 aromatic heterocycles. The van der Waals surface area contributed by atoms with Crippen LogP contribution in [0.1, 0.15) is 37.8 Å². The number of hydrogen-bond acceptors (Lipinski definition) is 3. The van der Waals surface area contributed by atoms with Crippen molar-refractivity contribution in [2.24, 2.45) is 0 Å². The van der Waals surface area contributed by atoms with E-state index in [1.54, 1.807) is 13.0 Å². The largest absolute Gasteiger partial charge is 0.467 e. The van der Waals surface area contributed by atoms with Crippen molar-refractivity contribution >= 4 is 23.5 Å². The Morgan fingerprint density at radius 3 is 2.57 bits per heavy atom. The van der Waals surface area contributed by atoms with Crippen LogP contribution in [0.3, 0.4) is 0 Å². The standard InChI is InChI=1S/C16H22ClNO3/c1-5-8-16(3,15(20)21-4)18-14(19)10-12-6-7-13(17)9-11(12)2/h6-7,9H,5,8,10H2,1-4H3,(H,18,19). The zero-order chi connectivity index (χ0) is 16.0. The lowest BCUT2D eigenvalue weighted by molar-refractivity contribution is -0.150. The van der Waals surface area contributed by atoms with Crippen LogP contribution in [0, 0.1) is 6.92 Å².